The van der Waals surface area contributed by atoms with Gasteiger partial charge >= 0.3 is 0 Å². The van der Waals surface area contributed by atoms with Gasteiger partial charge in [0.15, 0.2) is 0 Å². The lowest BCUT2D eigenvalue weighted by Crippen LogP contribution is -2.12. The third kappa shape index (κ3) is 4.56. The van der Waals surface area contributed by atoms with Crippen molar-refractivity contribution in [2.75, 3.05) is 4.72 Å². The van der Waals surface area contributed by atoms with Crippen molar-refractivity contribution in [3.8, 4) is 17.4 Å². The maximum atomic E-state index is 12.4. The molecule has 31 heavy (non-hydrogen) atoms. The topological polar surface area (TPSA) is 99.0 Å². The Bertz CT molecular complexity index is 1320. The van der Waals surface area contributed by atoms with Gasteiger partial charge in [-0.25, -0.2) is 18.4 Å². The highest BCUT2D eigenvalue weighted by Crippen LogP contribution is 2.25. The summed E-state index contributed by atoms with van der Waals surface area (Å²) in [5.74, 6) is 2.12. The molecule has 4 rings (SSSR count). The van der Waals surface area contributed by atoms with Gasteiger partial charge in [0, 0.05) is 17.4 Å². The summed E-state index contributed by atoms with van der Waals surface area (Å²) in [7, 11) is -3.65. The molecule has 1 N–H and O–H groups in total. The monoisotopic (exact) mass is 435 g/mol. The number of sulfonamides is 1. The van der Waals surface area contributed by atoms with Crippen LogP contribution >= 0.6 is 0 Å². The van der Waals surface area contributed by atoms with Crippen molar-refractivity contribution in [2.24, 2.45) is 0 Å². The number of anilines is 1. The highest BCUT2D eigenvalue weighted by molar-refractivity contribution is 7.92. The van der Waals surface area contributed by atoms with Crippen LogP contribution in [0.3, 0.4) is 0 Å². The van der Waals surface area contributed by atoms with E-state index < -0.39 is 10.0 Å². The molecular weight excluding hydrogens is 414 g/mol. The molecule has 0 aliphatic carbocycles. The van der Waals surface area contributed by atoms with E-state index in [0.717, 1.165) is 11.4 Å². The van der Waals surface area contributed by atoms with E-state index in [2.05, 4.69) is 19.7 Å². The van der Waals surface area contributed by atoms with Gasteiger partial charge in [0.25, 0.3) is 10.0 Å². The largest absolute Gasteiger partial charge is 0.439 e. The second kappa shape index (κ2) is 8.19. The number of aryl methyl sites for hydroxylation is 2. The zero-order valence-corrected chi connectivity index (χ0v) is 18.1. The second-order valence-electron chi connectivity index (χ2n) is 6.94. The van der Waals surface area contributed by atoms with E-state index in [4.69, 9.17) is 4.74 Å². The lowest BCUT2D eigenvalue weighted by atomic mass is 10.3. The Labute approximate surface area is 180 Å². The van der Waals surface area contributed by atoms with Crippen molar-refractivity contribution in [3.63, 3.8) is 0 Å². The summed E-state index contributed by atoms with van der Waals surface area (Å²) in [5.41, 5.74) is 2.34. The van der Waals surface area contributed by atoms with Crippen molar-refractivity contribution in [1.29, 1.82) is 0 Å². The predicted octanol–water partition coefficient (Wildman–Crippen LogP) is 4.18. The summed E-state index contributed by atoms with van der Waals surface area (Å²) in [6.07, 6.45) is 1.71. The van der Waals surface area contributed by atoms with Gasteiger partial charge < -0.3 is 4.74 Å². The van der Waals surface area contributed by atoms with Crippen LogP contribution in [0.5, 0.6) is 11.6 Å². The number of benzene rings is 2. The van der Waals surface area contributed by atoms with Gasteiger partial charge in [0.2, 0.25) is 5.88 Å². The Hall–Kier alpha value is -3.72. The molecule has 0 aliphatic rings. The molecule has 2 aromatic heterocycles. The molecule has 9 heteroatoms. The van der Waals surface area contributed by atoms with Gasteiger partial charge in [-0.1, -0.05) is 18.2 Å². The molecule has 2 heterocycles. The SMILES string of the molecule is Cc1nc(Oc2ccc(NS(=O)(=O)c3ccccc3)cc2)cc(-n2cnc(C)c2C)n1. The summed E-state index contributed by atoms with van der Waals surface area (Å²) in [6, 6.07) is 16.5. The van der Waals surface area contributed by atoms with Crippen LogP contribution in [0.4, 0.5) is 5.69 Å². The van der Waals surface area contributed by atoms with Crippen molar-refractivity contribution in [2.45, 2.75) is 25.7 Å². The number of aromatic nitrogens is 4. The Morgan fingerprint density at radius 2 is 1.65 bits per heavy atom. The minimum Gasteiger partial charge on any atom is -0.439 e. The fourth-order valence-electron chi connectivity index (χ4n) is 2.96. The fourth-order valence-corrected chi connectivity index (χ4v) is 4.04. The highest BCUT2D eigenvalue weighted by atomic mass is 32.2. The van der Waals surface area contributed by atoms with E-state index >= 15 is 0 Å². The highest BCUT2D eigenvalue weighted by Gasteiger charge is 2.14. The molecule has 2 aromatic carbocycles. The van der Waals surface area contributed by atoms with Crippen molar-refractivity contribution < 1.29 is 13.2 Å². The molecule has 0 spiro atoms. The first-order valence-electron chi connectivity index (χ1n) is 9.54. The predicted molar refractivity (Wildman–Crippen MR) is 117 cm³/mol. The number of nitrogens with zero attached hydrogens (tertiary/aromatic N) is 4. The molecule has 0 saturated heterocycles. The first-order chi connectivity index (χ1) is 14.8. The average Bonchev–Trinajstić information content (AvgIpc) is 3.08. The normalized spacial score (nSPS) is 11.3. The maximum absolute atomic E-state index is 12.4. The van der Waals surface area contributed by atoms with Crippen LogP contribution in [0.1, 0.15) is 17.2 Å². The lowest BCUT2D eigenvalue weighted by molar-refractivity contribution is 0.459. The number of ether oxygens (including phenoxy) is 1. The summed E-state index contributed by atoms with van der Waals surface area (Å²) in [5, 5.41) is 0. The van der Waals surface area contributed by atoms with Crippen LogP contribution in [0.15, 0.2) is 71.9 Å². The Balaban J connectivity index is 1.53. The van der Waals surface area contributed by atoms with Crippen LogP contribution in [0.25, 0.3) is 5.82 Å². The summed E-state index contributed by atoms with van der Waals surface area (Å²) >= 11 is 0. The summed E-state index contributed by atoms with van der Waals surface area (Å²) in [4.78, 5) is 13.3. The van der Waals surface area contributed by atoms with Gasteiger partial charge in [-0.3, -0.25) is 9.29 Å². The van der Waals surface area contributed by atoms with Crippen molar-refractivity contribution in [3.05, 3.63) is 84.2 Å². The molecule has 8 nitrogen and oxygen atoms in total. The van der Waals surface area contributed by atoms with Crippen LogP contribution in [0, 0.1) is 20.8 Å². The Morgan fingerprint density at radius 3 is 2.29 bits per heavy atom. The number of hydrogen-bond acceptors (Lipinski definition) is 6. The molecule has 0 atom stereocenters. The lowest BCUT2D eigenvalue weighted by Gasteiger charge is -2.11. The minimum atomic E-state index is -3.65. The first kappa shape index (κ1) is 20.5. The number of hydrogen-bond donors (Lipinski definition) is 1. The van der Waals surface area contributed by atoms with Crippen LogP contribution in [0.2, 0.25) is 0 Å². The van der Waals surface area contributed by atoms with E-state index in [1.807, 2.05) is 18.4 Å². The number of imidazole rings is 1. The molecule has 0 bridgehead atoms. The Kier molecular flexibility index (Phi) is 5.43. The van der Waals surface area contributed by atoms with E-state index in [1.165, 1.54) is 12.1 Å². The smallest absolute Gasteiger partial charge is 0.261 e. The van der Waals surface area contributed by atoms with E-state index in [9.17, 15) is 8.42 Å². The van der Waals surface area contributed by atoms with Crippen LogP contribution < -0.4 is 9.46 Å². The fraction of sp³-hybridized carbons (Fsp3) is 0.136. The zero-order chi connectivity index (χ0) is 22.0. The molecule has 0 radical (unpaired) electrons. The molecule has 0 amide bonds. The molecular formula is C22H21N5O3S. The van der Waals surface area contributed by atoms with Crippen LogP contribution in [-0.4, -0.2) is 27.9 Å². The van der Waals surface area contributed by atoms with E-state index in [1.54, 1.807) is 61.8 Å². The molecule has 158 valence electrons. The van der Waals surface area contributed by atoms with E-state index in [-0.39, 0.29) is 4.90 Å². The van der Waals surface area contributed by atoms with E-state index in [0.29, 0.717) is 29.0 Å². The Morgan fingerprint density at radius 1 is 0.935 bits per heavy atom. The third-order valence-electron chi connectivity index (χ3n) is 4.68. The van der Waals surface area contributed by atoms with Gasteiger partial charge in [0.05, 0.1) is 10.6 Å². The average molecular weight is 436 g/mol. The van der Waals surface area contributed by atoms with Gasteiger partial charge in [-0.05, 0) is 57.2 Å². The summed E-state index contributed by atoms with van der Waals surface area (Å²) in [6.45, 7) is 5.69. The minimum absolute atomic E-state index is 0.198. The molecule has 0 aliphatic heterocycles. The summed E-state index contributed by atoms with van der Waals surface area (Å²) < 4.78 is 35.2. The molecule has 0 saturated carbocycles. The van der Waals surface area contributed by atoms with Crippen molar-refractivity contribution in [1.82, 2.24) is 19.5 Å². The molecule has 0 unspecified atom stereocenters. The van der Waals surface area contributed by atoms with Gasteiger partial charge in [-0.15, -0.1) is 0 Å². The van der Waals surface area contributed by atoms with Crippen LogP contribution in [-0.2, 0) is 10.0 Å². The number of rotatable bonds is 6. The van der Waals surface area contributed by atoms with Crippen molar-refractivity contribution >= 4 is 15.7 Å². The second-order valence-corrected chi connectivity index (χ2v) is 8.62. The van der Waals surface area contributed by atoms with Gasteiger partial charge in [-0.2, -0.15) is 4.98 Å². The molecule has 4 aromatic rings. The third-order valence-corrected chi connectivity index (χ3v) is 6.08. The maximum Gasteiger partial charge on any atom is 0.261 e. The first-order valence-corrected chi connectivity index (χ1v) is 11.0. The quantitative estimate of drug-likeness (QED) is 0.488. The zero-order valence-electron chi connectivity index (χ0n) is 17.3. The number of nitrogens with one attached hydrogen (secondary N) is 1. The molecule has 0 fully saturated rings. The van der Waals surface area contributed by atoms with Gasteiger partial charge in [0.1, 0.15) is 23.7 Å². The standard InChI is InChI=1S/C22H21N5O3S/c1-15-16(2)27(14-23-15)21-13-22(25-17(3)24-21)30-19-11-9-18(10-12-19)26-31(28,29)20-7-5-4-6-8-20/h4-14,26H,1-3H3.